The number of aromatic amines is 1. The van der Waals surface area contributed by atoms with Crippen LogP contribution >= 0.6 is 0 Å². The van der Waals surface area contributed by atoms with Crippen LogP contribution in [0.1, 0.15) is 31.0 Å². The summed E-state index contributed by atoms with van der Waals surface area (Å²) in [6.07, 6.45) is 8.76. The van der Waals surface area contributed by atoms with E-state index in [1.54, 1.807) is 41.7 Å². The van der Waals surface area contributed by atoms with E-state index in [0.717, 1.165) is 65.4 Å². The van der Waals surface area contributed by atoms with Gasteiger partial charge in [-0.3, -0.25) is 4.68 Å². The van der Waals surface area contributed by atoms with Crippen LogP contribution in [0.3, 0.4) is 0 Å². The zero-order valence-corrected chi connectivity index (χ0v) is 22.4. The third-order valence-corrected chi connectivity index (χ3v) is 7.58. The number of nitrogens with one attached hydrogen (secondary N) is 1. The highest BCUT2D eigenvalue weighted by molar-refractivity contribution is 5.91. The molecule has 0 aliphatic carbocycles. The normalized spacial score (nSPS) is 16.3. The molecule has 1 fully saturated rings. The Bertz CT molecular complexity index is 1600. The minimum Gasteiger partial charge on any atom is -0.394 e. The maximum Gasteiger partial charge on any atom is 0.225 e. The van der Waals surface area contributed by atoms with Gasteiger partial charge in [-0.2, -0.15) is 5.10 Å². The molecule has 0 bridgehead atoms. The number of hydrogen-bond donors (Lipinski definition) is 3. The first-order valence-corrected chi connectivity index (χ1v) is 13.2. The van der Waals surface area contributed by atoms with Crippen LogP contribution in [0.25, 0.3) is 22.3 Å². The number of rotatable bonds is 7. The van der Waals surface area contributed by atoms with E-state index in [0.29, 0.717) is 5.95 Å². The van der Waals surface area contributed by atoms with Gasteiger partial charge in [-0.25, -0.2) is 24.3 Å². The number of H-pyrrole nitrogens is 1. The predicted octanol–water partition coefficient (Wildman–Crippen LogP) is 2.85. The average Bonchev–Trinajstić information content (AvgIpc) is 3.65. The number of nitrogens with zero attached hydrogens (tertiary/aromatic N) is 8. The highest BCUT2D eigenvalue weighted by Crippen LogP contribution is 2.30. The van der Waals surface area contributed by atoms with Gasteiger partial charge in [0.2, 0.25) is 5.95 Å². The lowest BCUT2D eigenvalue weighted by Gasteiger charge is -2.35. The summed E-state index contributed by atoms with van der Waals surface area (Å²) in [4.78, 5) is 26.0. The highest BCUT2D eigenvalue weighted by atomic mass is 19.1. The number of halogens is 1. The summed E-state index contributed by atoms with van der Waals surface area (Å²) in [7, 11) is 0. The predicted molar refractivity (Wildman–Crippen MR) is 150 cm³/mol. The van der Waals surface area contributed by atoms with Gasteiger partial charge in [-0.1, -0.05) is 12.1 Å². The van der Waals surface area contributed by atoms with Crippen LogP contribution in [-0.4, -0.2) is 72.6 Å². The van der Waals surface area contributed by atoms with Gasteiger partial charge in [-0.05, 0) is 37.6 Å². The molecule has 0 radical (unpaired) electrons. The van der Waals surface area contributed by atoms with Crippen molar-refractivity contribution in [1.82, 2.24) is 34.7 Å². The Labute approximate surface area is 230 Å². The lowest BCUT2D eigenvalue weighted by molar-refractivity contribution is 0.230. The monoisotopic (exact) mass is 542 g/mol. The van der Waals surface area contributed by atoms with E-state index in [1.807, 2.05) is 20.0 Å². The minimum absolute atomic E-state index is 0.0208. The smallest absolute Gasteiger partial charge is 0.225 e. The number of benzene rings is 1. The van der Waals surface area contributed by atoms with Crippen LogP contribution in [-0.2, 0) is 5.54 Å². The quantitative estimate of drug-likeness (QED) is 0.283. The van der Waals surface area contributed by atoms with Gasteiger partial charge in [-0.15, -0.1) is 0 Å². The second-order valence-corrected chi connectivity index (χ2v) is 10.3. The van der Waals surface area contributed by atoms with Crippen molar-refractivity contribution in [2.75, 3.05) is 42.6 Å². The SMILES string of the molecule is C[C@H](CO)n1cc(-c2cc3c(N4CCN(c5ncc(C(C)(N)c6ccc(F)cc6)cn5)CC4)ncnc3[nH]2)cn1. The van der Waals surface area contributed by atoms with Crippen LogP contribution in [0.5, 0.6) is 0 Å². The lowest BCUT2D eigenvalue weighted by Crippen LogP contribution is -2.47. The van der Waals surface area contributed by atoms with E-state index < -0.39 is 5.54 Å². The van der Waals surface area contributed by atoms with Gasteiger partial charge < -0.3 is 25.6 Å². The van der Waals surface area contributed by atoms with Crippen molar-refractivity contribution in [3.05, 3.63) is 78.4 Å². The summed E-state index contributed by atoms with van der Waals surface area (Å²) < 4.78 is 15.1. The molecular formula is C28H31FN10O. The summed E-state index contributed by atoms with van der Waals surface area (Å²) in [6, 6.07) is 8.13. The Morgan fingerprint density at radius 1 is 1.00 bits per heavy atom. The summed E-state index contributed by atoms with van der Waals surface area (Å²) in [5.41, 5.74) is 9.85. The van der Waals surface area contributed by atoms with Crippen molar-refractivity contribution in [2.24, 2.45) is 5.73 Å². The van der Waals surface area contributed by atoms with E-state index in [9.17, 15) is 9.50 Å². The Morgan fingerprint density at radius 2 is 1.70 bits per heavy atom. The van der Waals surface area contributed by atoms with Gasteiger partial charge in [0.25, 0.3) is 0 Å². The van der Waals surface area contributed by atoms with Gasteiger partial charge in [0.05, 0.1) is 35.5 Å². The number of anilines is 2. The van der Waals surface area contributed by atoms with Crippen molar-refractivity contribution in [3.63, 3.8) is 0 Å². The van der Waals surface area contributed by atoms with E-state index >= 15 is 0 Å². The molecule has 2 atom stereocenters. The largest absolute Gasteiger partial charge is 0.394 e. The van der Waals surface area contributed by atoms with Gasteiger partial charge in [0, 0.05) is 55.9 Å². The number of fused-ring (bicyclic) bond motifs is 1. The fourth-order valence-corrected chi connectivity index (χ4v) is 4.97. The summed E-state index contributed by atoms with van der Waals surface area (Å²) in [5.74, 6) is 1.22. The van der Waals surface area contributed by atoms with Crippen molar-refractivity contribution in [1.29, 1.82) is 0 Å². The molecule has 5 aromatic rings. The topological polar surface area (TPSA) is 138 Å². The van der Waals surface area contributed by atoms with Crippen LogP contribution in [0.15, 0.2) is 61.4 Å². The summed E-state index contributed by atoms with van der Waals surface area (Å²) in [6.45, 7) is 6.74. The molecule has 11 nitrogen and oxygen atoms in total. The third kappa shape index (κ3) is 4.75. The molecule has 5 heterocycles. The van der Waals surface area contributed by atoms with Gasteiger partial charge >= 0.3 is 0 Å². The standard InChI is InChI=1S/C28H31FN10O/c1-18(16-40)39-15-19(12-35-39)24-11-23-25(36-24)33-17-34-26(23)37-7-9-38(10-8-37)27-31-13-21(14-32-27)28(2,30)20-3-5-22(29)6-4-20/h3-6,11-15,17-18,40H,7-10,16,30H2,1-2H3,(H,33,34,36)/t18-,28?/m1/s1. The first-order valence-electron chi connectivity index (χ1n) is 13.2. The Balaban J connectivity index is 1.16. The van der Waals surface area contributed by atoms with Crippen LogP contribution in [0.2, 0.25) is 0 Å². The van der Waals surface area contributed by atoms with Crippen molar-refractivity contribution >= 4 is 22.8 Å². The fraction of sp³-hybridized carbons (Fsp3) is 0.321. The number of aromatic nitrogens is 7. The van der Waals surface area contributed by atoms with E-state index in [2.05, 4.69) is 45.9 Å². The minimum atomic E-state index is -0.839. The molecule has 0 saturated carbocycles. The molecule has 0 amide bonds. The second kappa shape index (κ2) is 10.3. The first kappa shape index (κ1) is 25.8. The molecular weight excluding hydrogens is 511 g/mol. The third-order valence-electron chi connectivity index (χ3n) is 7.58. The molecule has 4 aromatic heterocycles. The number of aliphatic hydroxyl groups is 1. The molecule has 12 heteroatoms. The van der Waals surface area contributed by atoms with E-state index in [1.165, 1.54) is 12.1 Å². The summed E-state index contributed by atoms with van der Waals surface area (Å²) >= 11 is 0. The molecule has 0 spiro atoms. The highest BCUT2D eigenvalue weighted by Gasteiger charge is 2.27. The number of nitrogens with two attached hydrogens (primary N) is 1. The molecule has 1 aliphatic rings. The van der Waals surface area contributed by atoms with Crippen LogP contribution in [0.4, 0.5) is 16.2 Å². The summed E-state index contributed by atoms with van der Waals surface area (Å²) in [5, 5.41) is 14.7. The van der Waals surface area contributed by atoms with Crippen LogP contribution < -0.4 is 15.5 Å². The molecule has 40 heavy (non-hydrogen) atoms. The van der Waals surface area contributed by atoms with Crippen LogP contribution in [0, 0.1) is 5.82 Å². The molecule has 1 unspecified atom stereocenters. The second-order valence-electron chi connectivity index (χ2n) is 10.3. The zero-order valence-electron chi connectivity index (χ0n) is 22.4. The molecule has 1 saturated heterocycles. The Hall–Kier alpha value is -4.42. The van der Waals surface area contributed by atoms with Crippen molar-refractivity contribution in [2.45, 2.75) is 25.4 Å². The van der Waals surface area contributed by atoms with E-state index in [4.69, 9.17) is 5.73 Å². The van der Waals surface area contributed by atoms with Gasteiger partial charge in [0.1, 0.15) is 23.6 Å². The van der Waals surface area contributed by atoms with Crippen molar-refractivity contribution < 1.29 is 9.50 Å². The maximum absolute atomic E-state index is 13.4. The maximum atomic E-state index is 13.4. The lowest BCUT2D eigenvalue weighted by atomic mass is 9.87. The van der Waals surface area contributed by atoms with Gasteiger partial charge in [0.15, 0.2) is 0 Å². The molecule has 6 rings (SSSR count). The fourth-order valence-electron chi connectivity index (χ4n) is 4.97. The Kier molecular flexibility index (Phi) is 6.64. The van der Waals surface area contributed by atoms with E-state index in [-0.39, 0.29) is 18.5 Å². The molecule has 4 N–H and O–H groups in total. The molecule has 1 aromatic carbocycles. The average molecular weight is 543 g/mol. The zero-order chi connectivity index (χ0) is 27.9. The van der Waals surface area contributed by atoms with Crippen molar-refractivity contribution in [3.8, 4) is 11.3 Å². The number of hydrogen-bond acceptors (Lipinski definition) is 9. The molecule has 1 aliphatic heterocycles. The molecule has 206 valence electrons. The number of aliphatic hydroxyl groups excluding tert-OH is 1. The Morgan fingerprint density at radius 3 is 2.40 bits per heavy atom. The first-order chi connectivity index (χ1) is 19.3. The number of piperazine rings is 1.